The second-order valence-electron chi connectivity index (χ2n) is 6.92. The molecule has 0 spiro atoms. The lowest BCUT2D eigenvalue weighted by atomic mass is 9.98. The van der Waals surface area contributed by atoms with Crippen molar-refractivity contribution in [3.05, 3.63) is 35.7 Å². The van der Waals surface area contributed by atoms with Crippen LogP contribution in [0.2, 0.25) is 0 Å². The van der Waals surface area contributed by atoms with Crippen molar-refractivity contribution < 1.29 is 4.79 Å². The molecule has 0 N–H and O–H groups in total. The van der Waals surface area contributed by atoms with Crippen molar-refractivity contribution in [1.82, 2.24) is 19.7 Å². The summed E-state index contributed by atoms with van der Waals surface area (Å²) in [5.74, 6) is 1.43. The van der Waals surface area contributed by atoms with Crippen LogP contribution < -0.4 is 0 Å². The first kappa shape index (κ1) is 18.0. The number of benzene rings is 1. The van der Waals surface area contributed by atoms with Crippen LogP contribution in [0.25, 0.3) is 5.69 Å². The zero-order chi connectivity index (χ0) is 18.0. The number of likely N-dealkylation sites (tertiary alicyclic amines) is 1. The number of amides is 1. The summed E-state index contributed by atoms with van der Waals surface area (Å²) in [6.45, 7) is 8.31. The van der Waals surface area contributed by atoms with E-state index in [2.05, 4.69) is 48.0 Å². The Morgan fingerprint density at radius 3 is 2.60 bits per heavy atom. The maximum absolute atomic E-state index is 12.7. The Labute approximate surface area is 153 Å². The van der Waals surface area contributed by atoms with E-state index in [0.717, 1.165) is 29.5 Å². The van der Waals surface area contributed by atoms with Crippen molar-refractivity contribution in [1.29, 1.82) is 0 Å². The zero-order valence-corrected chi connectivity index (χ0v) is 16.2. The average Bonchev–Trinajstić information content (AvgIpc) is 2.93. The third-order valence-electron chi connectivity index (χ3n) is 4.86. The van der Waals surface area contributed by atoms with Crippen LogP contribution in [0.5, 0.6) is 0 Å². The fraction of sp³-hybridized carbons (Fsp3) is 0.526. The molecule has 1 aliphatic heterocycles. The Bertz CT molecular complexity index is 748. The van der Waals surface area contributed by atoms with Crippen LogP contribution in [-0.4, -0.2) is 43.4 Å². The number of thioether (sulfide) groups is 1. The molecular weight excluding hydrogens is 332 g/mol. The predicted octanol–water partition coefficient (Wildman–Crippen LogP) is 3.77. The van der Waals surface area contributed by atoms with E-state index in [9.17, 15) is 4.79 Å². The minimum Gasteiger partial charge on any atom is -0.337 e. The maximum atomic E-state index is 12.7. The van der Waals surface area contributed by atoms with Gasteiger partial charge >= 0.3 is 0 Å². The standard InChI is InChI=1S/C19H26N4OS/c1-13-7-5-10-17(11-13)23-16(4)20-21-19(23)25-12-18(24)22-14(2)8-6-9-15(22)3/h5,7,10-11,14-15H,6,8-9,12H2,1-4H3. The lowest BCUT2D eigenvalue weighted by Crippen LogP contribution is -2.48. The third-order valence-corrected chi connectivity index (χ3v) is 5.77. The fourth-order valence-electron chi connectivity index (χ4n) is 3.61. The van der Waals surface area contributed by atoms with Gasteiger partial charge in [0.05, 0.1) is 5.75 Å². The van der Waals surface area contributed by atoms with E-state index < -0.39 is 0 Å². The number of hydrogen-bond acceptors (Lipinski definition) is 4. The number of piperidine rings is 1. The molecule has 0 radical (unpaired) electrons. The van der Waals surface area contributed by atoms with Gasteiger partial charge in [0, 0.05) is 17.8 Å². The van der Waals surface area contributed by atoms with Crippen molar-refractivity contribution >= 4 is 17.7 Å². The second kappa shape index (κ2) is 7.60. The largest absolute Gasteiger partial charge is 0.337 e. The monoisotopic (exact) mass is 358 g/mol. The van der Waals surface area contributed by atoms with Gasteiger partial charge in [0.1, 0.15) is 5.82 Å². The summed E-state index contributed by atoms with van der Waals surface area (Å²) in [4.78, 5) is 14.8. The smallest absolute Gasteiger partial charge is 0.233 e. The first-order chi connectivity index (χ1) is 12.0. The highest BCUT2D eigenvalue weighted by atomic mass is 32.2. The Hall–Kier alpha value is -1.82. The van der Waals surface area contributed by atoms with E-state index in [1.165, 1.54) is 23.7 Å². The van der Waals surface area contributed by atoms with Gasteiger partial charge < -0.3 is 4.90 Å². The molecule has 1 aliphatic rings. The van der Waals surface area contributed by atoms with Crippen LogP contribution in [0.3, 0.4) is 0 Å². The number of carbonyl (C=O) groups excluding carboxylic acids is 1. The van der Waals surface area contributed by atoms with Crippen molar-refractivity contribution in [2.75, 3.05) is 5.75 Å². The van der Waals surface area contributed by atoms with Gasteiger partial charge in [-0.25, -0.2) is 0 Å². The predicted molar refractivity (Wildman–Crippen MR) is 101 cm³/mol. The summed E-state index contributed by atoms with van der Waals surface area (Å²) >= 11 is 1.47. The molecule has 0 saturated carbocycles. The lowest BCUT2D eigenvalue weighted by Gasteiger charge is -2.39. The maximum Gasteiger partial charge on any atom is 0.233 e. The van der Waals surface area contributed by atoms with Gasteiger partial charge in [-0.3, -0.25) is 9.36 Å². The molecule has 1 saturated heterocycles. The molecule has 5 nitrogen and oxygen atoms in total. The number of hydrogen-bond donors (Lipinski definition) is 0. The van der Waals surface area contributed by atoms with Crippen molar-refractivity contribution in [2.24, 2.45) is 0 Å². The number of aromatic nitrogens is 3. The van der Waals surface area contributed by atoms with Crippen molar-refractivity contribution in [3.63, 3.8) is 0 Å². The number of aryl methyl sites for hydroxylation is 2. The quantitative estimate of drug-likeness (QED) is 0.781. The summed E-state index contributed by atoms with van der Waals surface area (Å²) < 4.78 is 2.02. The number of nitrogens with zero attached hydrogens (tertiary/aromatic N) is 4. The summed E-state index contributed by atoms with van der Waals surface area (Å²) in [6, 6.07) is 8.90. The van der Waals surface area contributed by atoms with E-state index >= 15 is 0 Å². The molecule has 0 aliphatic carbocycles. The van der Waals surface area contributed by atoms with Crippen LogP contribution in [-0.2, 0) is 4.79 Å². The van der Waals surface area contributed by atoms with Gasteiger partial charge in [0.25, 0.3) is 0 Å². The van der Waals surface area contributed by atoms with Gasteiger partial charge in [-0.2, -0.15) is 0 Å². The lowest BCUT2D eigenvalue weighted by molar-refractivity contribution is -0.134. The van der Waals surface area contributed by atoms with Crippen LogP contribution in [0.4, 0.5) is 0 Å². The molecule has 0 bridgehead atoms. The summed E-state index contributed by atoms with van der Waals surface area (Å²) in [5.41, 5.74) is 2.23. The fourth-order valence-corrected chi connectivity index (χ4v) is 4.48. The molecule has 6 heteroatoms. The van der Waals surface area contributed by atoms with Crippen molar-refractivity contribution in [2.45, 2.75) is 64.2 Å². The summed E-state index contributed by atoms with van der Waals surface area (Å²) in [7, 11) is 0. The Balaban J connectivity index is 1.75. The SMILES string of the molecule is Cc1cccc(-n2c(C)nnc2SCC(=O)N2C(C)CCCC2C)c1. The topological polar surface area (TPSA) is 51.0 Å². The first-order valence-electron chi connectivity index (χ1n) is 8.90. The molecule has 1 amide bonds. The molecule has 3 rings (SSSR count). The summed E-state index contributed by atoms with van der Waals surface area (Å²) in [5, 5.41) is 9.26. The van der Waals surface area contributed by atoms with Gasteiger partial charge in [-0.05, 0) is 64.7 Å². The van der Waals surface area contributed by atoms with Gasteiger partial charge in [0.2, 0.25) is 5.91 Å². The highest BCUT2D eigenvalue weighted by molar-refractivity contribution is 7.99. The van der Waals surface area contributed by atoms with Crippen LogP contribution in [0, 0.1) is 13.8 Å². The Morgan fingerprint density at radius 1 is 1.20 bits per heavy atom. The first-order valence-corrected chi connectivity index (χ1v) is 9.89. The molecule has 2 unspecified atom stereocenters. The van der Waals surface area contributed by atoms with E-state index in [1.54, 1.807) is 0 Å². The van der Waals surface area contributed by atoms with Crippen LogP contribution in [0.1, 0.15) is 44.5 Å². The van der Waals surface area contributed by atoms with Crippen LogP contribution >= 0.6 is 11.8 Å². The minimum atomic E-state index is 0.196. The molecular formula is C19H26N4OS. The minimum absolute atomic E-state index is 0.196. The van der Waals surface area contributed by atoms with Gasteiger partial charge in [-0.1, -0.05) is 23.9 Å². The Kier molecular flexibility index (Phi) is 5.47. The normalized spacial score (nSPS) is 20.7. The van der Waals surface area contributed by atoms with E-state index in [1.807, 2.05) is 23.6 Å². The molecule has 2 aromatic rings. The molecule has 25 heavy (non-hydrogen) atoms. The molecule has 1 aromatic carbocycles. The molecule has 2 heterocycles. The number of rotatable bonds is 4. The second-order valence-corrected chi connectivity index (χ2v) is 7.87. The third kappa shape index (κ3) is 3.89. The van der Waals surface area contributed by atoms with Gasteiger partial charge in [0.15, 0.2) is 5.16 Å². The zero-order valence-electron chi connectivity index (χ0n) is 15.4. The van der Waals surface area contributed by atoms with E-state index in [0.29, 0.717) is 17.8 Å². The molecule has 134 valence electrons. The highest BCUT2D eigenvalue weighted by Gasteiger charge is 2.29. The average molecular weight is 359 g/mol. The van der Waals surface area contributed by atoms with E-state index in [-0.39, 0.29) is 5.91 Å². The van der Waals surface area contributed by atoms with Crippen LogP contribution in [0.15, 0.2) is 29.4 Å². The van der Waals surface area contributed by atoms with Gasteiger partial charge in [-0.15, -0.1) is 10.2 Å². The van der Waals surface area contributed by atoms with Crippen molar-refractivity contribution in [3.8, 4) is 5.69 Å². The number of carbonyl (C=O) groups is 1. The van der Waals surface area contributed by atoms with E-state index in [4.69, 9.17) is 0 Å². The molecule has 1 aromatic heterocycles. The summed E-state index contributed by atoms with van der Waals surface area (Å²) in [6.07, 6.45) is 3.40. The highest BCUT2D eigenvalue weighted by Crippen LogP contribution is 2.26. The Morgan fingerprint density at radius 2 is 1.92 bits per heavy atom. The molecule has 2 atom stereocenters. The molecule has 1 fully saturated rings.